The first-order valence-electron chi connectivity index (χ1n) is 2.90. The standard InChI is InChI=1S/C5H8F2OP/c6-5(7)1-3-9(8)4-2-5/h1-4H2/q+1. The third kappa shape index (κ3) is 1.98. The molecule has 0 aromatic carbocycles. The summed E-state index contributed by atoms with van der Waals surface area (Å²) in [5.41, 5.74) is 0. The summed E-state index contributed by atoms with van der Waals surface area (Å²) in [6.45, 7) is 0. The maximum Gasteiger partial charge on any atom is 0.339 e. The monoisotopic (exact) mass is 153 g/mol. The van der Waals surface area contributed by atoms with Gasteiger partial charge in [-0.3, -0.25) is 0 Å². The molecular weight excluding hydrogens is 145 g/mol. The lowest BCUT2D eigenvalue weighted by atomic mass is 10.2. The topological polar surface area (TPSA) is 17.1 Å². The molecule has 0 atom stereocenters. The second-order valence-corrected chi connectivity index (χ2v) is 4.14. The molecule has 0 amide bonds. The van der Waals surface area contributed by atoms with E-state index in [-0.39, 0.29) is 25.2 Å². The molecule has 1 aliphatic heterocycles. The van der Waals surface area contributed by atoms with E-state index in [0.29, 0.717) is 0 Å². The Balaban J connectivity index is 2.44. The summed E-state index contributed by atoms with van der Waals surface area (Å²) in [5, 5.41) is 0. The van der Waals surface area contributed by atoms with Crippen LogP contribution in [0.1, 0.15) is 12.8 Å². The van der Waals surface area contributed by atoms with E-state index in [1.54, 1.807) is 0 Å². The molecule has 9 heavy (non-hydrogen) atoms. The molecule has 0 aromatic heterocycles. The van der Waals surface area contributed by atoms with Gasteiger partial charge in [0.15, 0.2) is 12.3 Å². The summed E-state index contributed by atoms with van der Waals surface area (Å²) in [6, 6.07) is 0. The molecule has 0 saturated carbocycles. The lowest BCUT2D eigenvalue weighted by molar-refractivity contribution is -0.00815. The minimum absolute atomic E-state index is 0.178. The Morgan fingerprint density at radius 2 is 1.67 bits per heavy atom. The molecule has 1 heterocycles. The molecular formula is C5H8F2OP+. The molecule has 0 radical (unpaired) electrons. The fraction of sp³-hybridized carbons (Fsp3) is 1.00. The van der Waals surface area contributed by atoms with Crippen LogP contribution < -0.4 is 0 Å². The lowest BCUT2D eigenvalue weighted by Gasteiger charge is -2.14. The van der Waals surface area contributed by atoms with Crippen molar-refractivity contribution in [3.05, 3.63) is 0 Å². The van der Waals surface area contributed by atoms with Gasteiger partial charge >= 0.3 is 7.80 Å². The van der Waals surface area contributed by atoms with E-state index in [1.807, 2.05) is 0 Å². The number of hydrogen-bond donors (Lipinski definition) is 0. The highest BCUT2D eigenvalue weighted by molar-refractivity contribution is 7.44. The maximum absolute atomic E-state index is 12.2. The van der Waals surface area contributed by atoms with Crippen molar-refractivity contribution in [1.82, 2.24) is 0 Å². The summed E-state index contributed by atoms with van der Waals surface area (Å²) < 4.78 is 35.1. The molecule has 0 aromatic rings. The van der Waals surface area contributed by atoms with Crippen molar-refractivity contribution in [2.24, 2.45) is 0 Å². The zero-order chi connectivity index (χ0) is 6.91. The Bertz CT molecular complexity index is 123. The Morgan fingerprint density at radius 3 is 2.00 bits per heavy atom. The molecule has 0 unspecified atom stereocenters. The predicted molar refractivity (Wildman–Crippen MR) is 31.5 cm³/mol. The molecule has 0 spiro atoms. The largest absolute Gasteiger partial charge is 0.339 e. The molecule has 1 nitrogen and oxygen atoms in total. The van der Waals surface area contributed by atoms with Crippen LogP contribution in [-0.2, 0) is 4.57 Å². The van der Waals surface area contributed by atoms with Crippen molar-refractivity contribution in [2.45, 2.75) is 18.8 Å². The first-order valence-corrected chi connectivity index (χ1v) is 4.53. The van der Waals surface area contributed by atoms with E-state index >= 15 is 0 Å². The van der Waals surface area contributed by atoms with Crippen molar-refractivity contribution in [2.75, 3.05) is 12.3 Å². The fourth-order valence-electron chi connectivity index (χ4n) is 0.813. The van der Waals surface area contributed by atoms with Crippen molar-refractivity contribution < 1.29 is 13.3 Å². The van der Waals surface area contributed by atoms with Crippen LogP contribution >= 0.6 is 7.80 Å². The average Bonchev–Trinajstić information content (AvgIpc) is 1.78. The first kappa shape index (κ1) is 7.07. The Hall–Kier alpha value is -0.0400. The van der Waals surface area contributed by atoms with E-state index in [0.717, 1.165) is 0 Å². The molecule has 4 heteroatoms. The van der Waals surface area contributed by atoms with Crippen LogP contribution in [0.5, 0.6) is 0 Å². The van der Waals surface area contributed by atoms with Crippen molar-refractivity contribution in [3.63, 3.8) is 0 Å². The van der Waals surface area contributed by atoms with Gasteiger partial charge in [-0.2, -0.15) is 0 Å². The molecule has 52 valence electrons. The predicted octanol–water partition coefficient (Wildman–Crippen LogP) is 2.24. The van der Waals surface area contributed by atoms with Gasteiger partial charge < -0.3 is 0 Å². The van der Waals surface area contributed by atoms with Gasteiger partial charge in [-0.25, -0.2) is 8.78 Å². The Labute approximate surface area is 53.2 Å². The van der Waals surface area contributed by atoms with E-state index in [2.05, 4.69) is 0 Å². The van der Waals surface area contributed by atoms with Gasteiger partial charge in [0.25, 0.3) is 5.92 Å². The molecule has 0 bridgehead atoms. The third-order valence-corrected chi connectivity index (χ3v) is 2.90. The molecule has 0 N–H and O–H groups in total. The molecule has 1 rings (SSSR count). The summed E-state index contributed by atoms with van der Waals surface area (Å²) in [5.74, 6) is -2.52. The fourth-order valence-corrected chi connectivity index (χ4v) is 2.19. The summed E-state index contributed by atoms with van der Waals surface area (Å²) in [7, 11) is -1.28. The van der Waals surface area contributed by atoms with Crippen molar-refractivity contribution >= 4 is 7.80 Å². The van der Waals surface area contributed by atoms with Crippen LogP contribution in [0.3, 0.4) is 0 Å². The molecule has 1 saturated heterocycles. The van der Waals surface area contributed by atoms with Gasteiger partial charge in [-0.1, -0.05) is 4.57 Å². The summed E-state index contributed by atoms with van der Waals surface area (Å²) in [6.07, 6.45) is 0.0646. The van der Waals surface area contributed by atoms with Crippen molar-refractivity contribution in [3.8, 4) is 0 Å². The minimum Gasteiger partial charge on any atom is -0.207 e. The van der Waals surface area contributed by atoms with Crippen LogP contribution in [0.15, 0.2) is 0 Å². The quantitative estimate of drug-likeness (QED) is 0.488. The highest BCUT2D eigenvalue weighted by Crippen LogP contribution is 2.38. The minimum atomic E-state index is -2.52. The third-order valence-electron chi connectivity index (χ3n) is 1.45. The number of hydrogen-bond acceptors (Lipinski definition) is 1. The van der Waals surface area contributed by atoms with Crippen LogP contribution in [0, 0.1) is 0 Å². The molecule has 0 aliphatic carbocycles. The van der Waals surface area contributed by atoms with E-state index in [4.69, 9.17) is 0 Å². The van der Waals surface area contributed by atoms with Crippen LogP contribution in [0.4, 0.5) is 8.78 Å². The highest BCUT2D eigenvalue weighted by Gasteiger charge is 2.39. The number of halogens is 2. The van der Waals surface area contributed by atoms with E-state index < -0.39 is 13.7 Å². The van der Waals surface area contributed by atoms with Crippen molar-refractivity contribution in [1.29, 1.82) is 0 Å². The van der Waals surface area contributed by atoms with Gasteiger partial charge in [0.2, 0.25) is 0 Å². The summed E-state index contributed by atoms with van der Waals surface area (Å²) in [4.78, 5) is 0. The van der Waals surface area contributed by atoms with Crippen LogP contribution in [0.25, 0.3) is 0 Å². The second kappa shape index (κ2) is 2.30. The molecule has 1 aliphatic rings. The normalized spacial score (nSPS) is 26.2. The van der Waals surface area contributed by atoms with Gasteiger partial charge in [-0.05, 0) is 0 Å². The lowest BCUT2D eigenvalue weighted by Crippen LogP contribution is -2.22. The average molecular weight is 153 g/mol. The Morgan fingerprint density at radius 1 is 1.22 bits per heavy atom. The zero-order valence-electron chi connectivity index (χ0n) is 4.94. The number of rotatable bonds is 0. The zero-order valence-corrected chi connectivity index (χ0v) is 5.83. The van der Waals surface area contributed by atoms with Crippen LogP contribution in [0.2, 0.25) is 0 Å². The van der Waals surface area contributed by atoms with Gasteiger partial charge in [0.1, 0.15) is 0 Å². The first-order chi connectivity index (χ1) is 4.10. The SMILES string of the molecule is O=[P+]1CCC(F)(F)CC1. The van der Waals surface area contributed by atoms with Gasteiger partial charge in [-0.15, -0.1) is 0 Å². The van der Waals surface area contributed by atoms with Crippen LogP contribution in [-0.4, -0.2) is 18.2 Å². The summed E-state index contributed by atoms with van der Waals surface area (Å²) >= 11 is 0. The number of alkyl halides is 2. The van der Waals surface area contributed by atoms with E-state index in [1.165, 1.54) is 0 Å². The van der Waals surface area contributed by atoms with Gasteiger partial charge in [0, 0.05) is 0 Å². The molecule has 1 fully saturated rings. The Kier molecular flexibility index (Phi) is 1.80. The smallest absolute Gasteiger partial charge is 0.207 e. The second-order valence-electron chi connectivity index (χ2n) is 2.28. The highest BCUT2D eigenvalue weighted by atomic mass is 31.1. The maximum atomic E-state index is 12.2. The van der Waals surface area contributed by atoms with E-state index in [9.17, 15) is 13.3 Å². The van der Waals surface area contributed by atoms with Gasteiger partial charge in [0.05, 0.1) is 12.8 Å².